The third kappa shape index (κ3) is 10.2. The van der Waals surface area contributed by atoms with Gasteiger partial charge in [-0.05, 0) is 18.9 Å². The molecule has 2 N–H and O–H groups in total. The average Bonchev–Trinajstić information content (AvgIpc) is 2.77. The van der Waals surface area contributed by atoms with Crippen molar-refractivity contribution in [1.29, 1.82) is 0 Å². The molecule has 0 aliphatic rings. The number of nitrogens with zero attached hydrogens (tertiary/aromatic N) is 1. The Hall–Kier alpha value is -1.89. The van der Waals surface area contributed by atoms with Gasteiger partial charge in [0.1, 0.15) is 6.04 Å². The summed E-state index contributed by atoms with van der Waals surface area (Å²) in [6, 6.07) is -3.51. The highest BCUT2D eigenvalue weighted by Gasteiger charge is 2.53. The lowest BCUT2D eigenvalue weighted by Gasteiger charge is -2.51. The molecule has 0 aromatic rings. The summed E-state index contributed by atoms with van der Waals surface area (Å²) >= 11 is 0. The minimum Gasteiger partial charge on any atom is -0.544 e. The van der Waals surface area contributed by atoms with Gasteiger partial charge < -0.3 is 20.1 Å². The molecule has 0 aliphatic heterocycles. The predicted molar refractivity (Wildman–Crippen MR) is 133 cm³/mol. The Bertz CT molecular complexity index is 563. The normalized spacial score (nSPS) is 16.1. The van der Waals surface area contributed by atoms with Crippen LogP contribution in [0.4, 0.5) is 0 Å². The van der Waals surface area contributed by atoms with E-state index in [1.165, 1.54) is 51.4 Å². The van der Waals surface area contributed by atoms with Crippen LogP contribution in [0, 0.1) is 0 Å². The van der Waals surface area contributed by atoms with Crippen LogP contribution in [0.15, 0.2) is 12.2 Å². The zero-order chi connectivity index (χ0) is 26.0. The van der Waals surface area contributed by atoms with E-state index in [-0.39, 0.29) is 25.8 Å². The van der Waals surface area contributed by atoms with Gasteiger partial charge >= 0.3 is 11.9 Å². The van der Waals surface area contributed by atoms with Crippen LogP contribution >= 0.6 is 0 Å². The van der Waals surface area contributed by atoms with Gasteiger partial charge in [-0.3, -0.25) is 4.48 Å². The molecule has 0 fully saturated rings. The Morgan fingerprint density at radius 2 is 1.09 bits per heavy atom. The van der Waals surface area contributed by atoms with E-state index in [1.54, 1.807) is 26.8 Å². The third-order valence-electron chi connectivity index (χ3n) is 7.06. The summed E-state index contributed by atoms with van der Waals surface area (Å²) in [5.41, 5.74) is 0. The maximum Gasteiger partial charge on any atom is 0.362 e. The van der Waals surface area contributed by atoms with Crippen LogP contribution in [-0.4, -0.2) is 57.3 Å². The molecule has 0 heterocycles. The number of rotatable bonds is 22. The molecule has 0 aromatic carbocycles. The summed E-state index contributed by atoms with van der Waals surface area (Å²) in [4.78, 5) is 36.4. The first kappa shape index (κ1) is 32.1. The maximum absolute atomic E-state index is 12.2. The Labute approximate surface area is 206 Å². The van der Waals surface area contributed by atoms with Crippen molar-refractivity contribution >= 4 is 17.9 Å². The molecule has 34 heavy (non-hydrogen) atoms. The second-order valence-electron chi connectivity index (χ2n) is 9.39. The van der Waals surface area contributed by atoms with E-state index in [9.17, 15) is 29.7 Å². The van der Waals surface area contributed by atoms with Gasteiger partial charge in [-0.1, -0.05) is 91.6 Å². The number of hydrogen-bond donors (Lipinski definition) is 2. The van der Waals surface area contributed by atoms with Crippen LogP contribution in [0.5, 0.6) is 0 Å². The molecule has 0 aromatic heterocycles. The third-order valence-corrected chi connectivity index (χ3v) is 7.06. The predicted octanol–water partition coefficient (Wildman–Crippen LogP) is 4.93. The molecule has 0 amide bonds. The van der Waals surface area contributed by atoms with Gasteiger partial charge in [-0.2, -0.15) is 0 Å². The van der Waals surface area contributed by atoms with Gasteiger partial charge in [-0.15, -0.1) is 0 Å². The highest BCUT2D eigenvalue weighted by molar-refractivity contribution is 5.77. The highest BCUT2D eigenvalue weighted by Crippen LogP contribution is 2.31. The topological polar surface area (TPSA) is 115 Å². The van der Waals surface area contributed by atoms with Crippen molar-refractivity contribution in [2.75, 3.05) is 6.54 Å². The first-order valence-corrected chi connectivity index (χ1v) is 13.4. The number of carboxylic acid groups (broad SMARTS) is 3. The molecule has 0 radical (unpaired) electrons. The largest absolute Gasteiger partial charge is 0.544 e. The Morgan fingerprint density at radius 1 is 0.676 bits per heavy atom. The van der Waals surface area contributed by atoms with Crippen molar-refractivity contribution in [3.8, 4) is 0 Å². The van der Waals surface area contributed by atoms with Gasteiger partial charge in [0.15, 0.2) is 12.1 Å². The van der Waals surface area contributed by atoms with Crippen LogP contribution < -0.4 is 5.11 Å². The number of carbonyl (C=O) groups excluding carboxylic acids is 1. The lowest BCUT2D eigenvalue weighted by Crippen LogP contribution is -2.73. The number of unbranched alkanes of at least 4 members (excludes halogenated alkanes) is 10. The Kier molecular flexibility index (Phi) is 17.4. The van der Waals surface area contributed by atoms with Crippen molar-refractivity contribution in [2.45, 2.75) is 136 Å². The molecule has 0 saturated heterocycles. The molecule has 3 unspecified atom stereocenters. The van der Waals surface area contributed by atoms with Gasteiger partial charge in [0.05, 0.1) is 12.5 Å². The summed E-state index contributed by atoms with van der Waals surface area (Å²) in [5, 5.41) is 31.9. The fourth-order valence-electron chi connectivity index (χ4n) is 5.30. The Morgan fingerprint density at radius 3 is 1.44 bits per heavy atom. The molecule has 0 spiro atoms. The van der Waals surface area contributed by atoms with Crippen LogP contribution in [0.1, 0.15) is 118 Å². The summed E-state index contributed by atoms with van der Waals surface area (Å²) < 4.78 is -0.551. The molecule has 0 bridgehead atoms. The zero-order valence-electron chi connectivity index (χ0n) is 22.0. The summed E-state index contributed by atoms with van der Waals surface area (Å²) in [7, 11) is 0. The molecular weight excluding hydrogens is 434 g/mol. The van der Waals surface area contributed by atoms with Crippen molar-refractivity contribution in [3.63, 3.8) is 0 Å². The molecule has 7 heteroatoms. The van der Waals surface area contributed by atoms with E-state index in [1.807, 2.05) is 6.08 Å². The van der Waals surface area contributed by atoms with Crippen LogP contribution in [0.2, 0.25) is 0 Å². The first-order valence-electron chi connectivity index (χ1n) is 13.4. The second kappa shape index (κ2) is 18.4. The molecule has 0 rings (SSSR count). The molecular formula is C27H49NO6. The van der Waals surface area contributed by atoms with Crippen molar-refractivity contribution in [2.24, 2.45) is 0 Å². The number of carbonyl (C=O) groups is 3. The molecule has 7 nitrogen and oxygen atoms in total. The van der Waals surface area contributed by atoms with E-state index in [2.05, 4.69) is 6.92 Å². The van der Waals surface area contributed by atoms with Gasteiger partial charge in [0.2, 0.25) is 0 Å². The first-order chi connectivity index (χ1) is 16.2. The highest BCUT2D eigenvalue weighted by atomic mass is 16.4. The fraction of sp³-hybridized carbons (Fsp3) is 0.815. The lowest BCUT2D eigenvalue weighted by molar-refractivity contribution is -0.969. The Balaban J connectivity index is 5.20. The van der Waals surface area contributed by atoms with E-state index in [0.29, 0.717) is 0 Å². The number of hydrogen-bond acceptors (Lipinski definition) is 4. The maximum atomic E-state index is 12.2. The standard InChI is InChI=1S/C27H49NO6/c1-5-9-10-11-12-13-14-15-16-17-18-19-20-21-28(22(6-2)25(29)30,23(7-3)26(31)32)24(8-4)27(33)34/h19-20,22-24H,5-18,21H2,1-4H3,(H2-,29,30,31,32,33,34)/b20-19+. The average molecular weight is 484 g/mol. The lowest BCUT2D eigenvalue weighted by atomic mass is 9.94. The second-order valence-corrected chi connectivity index (χ2v) is 9.39. The van der Waals surface area contributed by atoms with Crippen LogP contribution in [-0.2, 0) is 14.4 Å². The zero-order valence-corrected chi connectivity index (χ0v) is 22.0. The number of allylic oxidation sites excluding steroid dienone is 1. The van der Waals surface area contributed by atoms with E-state index in [4.69, 9.17) is 0 Å². The van der Waals surface area contributed by atoms with Crippen molar-refractivity contribution in [3.05, 3.63) is 12.2 Å². The smallest absolute Gasteiger partial charge is 0.362 e. The number of aliphatic carboxylic acids is 3. The van der Waals surface area contributed by atoms with Gasteiger partial charge in [-0.25, -0.2) is 9.59 Å². The molecule has 3 atom stereocenters. The van der Waals surface area contributed by atoms with E-state index < -0.39 is 40.5 Å². The van der Waals surface area contributed by atoms with Crippen LogP contribution in [0.3, 0.4) is 0 Å². The number of quaternary nitrogens is 1. The van der Waals surface area contributed by atoms with Gasteiger partial charge in [0.25, 0.3) is 0 Å². The molecule has 0 aliphatic carbocycles. The van der Waals surface area contributed by atoms with Crippen LogP contribution in [0.25, 0.3) is 0 Å². The summed E-state index contributed by atoms with van der Waals surface area (Å²) in [6.07, 6.45) is 17.3. The van der Waals surface area contributed by atoms with E-state index in [0.717, 1.165) is 19.3 Å². The van der Waals surface area contributed by atoms with Crippen molar-refractivity contribution < 1.29 is 34.2 Å². The molecule has 198 valence electrons. The summed E-state index contributed by atoms with van der Waals surface area (Å²) in [5.74, 6) is -3.75. The van der Waals surface area contributed by atoms with Crippen molar-refractivity contribution in [1.82, 2.24) is 0 Å². The SMILES string of the molecule is CCCCCCCCCCCC/C=C/C[N+](C(CC)C(=O)[O-])(C(CC)C(=O)O)C(CC)C(=O)O. The fourth-order valence-corrected chi connectivity index (χ4v) is 5.30. The quantitative estimate of drug-likeness (QED) is 0.128. The number of carboxylic acids is 3. The van der Waals surface area contributed by atoms with Gasteiger partial charge in [0, 0.05) is 19.3 Å². The minimum atomic E-state index is -1.40. The monoisotopic (exact) mass is 483 g/mol. The van der Waals surface area contributed by atoms with E-state index >= 15 is 0 Å². The summed E-state index contributed by atoms with van der Waals surface area (Å²) in [6.45, 7) is 7.23. The molecule has 0 saturated carbocycles. The minimum absolute atomic E-state index is 0.0415.